The van der Waals surface area contributed by atoms with Crippen LogP contribution in [0.5, 0.6) is 5.75 Å². The molecule has 0 atom stereocenters. The molecule has 1 aromatic heterocycles. The number of anilines is 3. The first-order chi connectivity index (χ1) is 8.28. The zero-order valence-corrected chi connectivity index (χ0v) is 9.55. The molecule has 0 radical (unpaired) electrons. The van der Waals surface area contributed by atoms with Crippen molar-refractivity contribution in [1.29, 1.82) is 0 Å². The first-order valence-electron chi connectivity index (χ1n) is 5.35. The Bertz CT molecular complexity index is 467. The molecule has 0 aliphatic rings. The molecule has 3 N–H and O–H groups in total. The topological polar surface area (TPSA) is 73.1 Å². The number of nitrogens with zero attached hydrogens (tertiary/aromatic N) is 2. The maximum atomic E-state index is 5.46. The molecule has 0 unspecified atom stereocenters. The highest BCUT2D eigenvalue weighted by Crippen LogP contribution is 2.18. The lowest BCUT2D eigenvalue weighted by molar-refractivity contribution is 0.340. The van der Waals surface area contributed by atoms with E-state index in [9.17, 15) is 0 Å². The fraction of sp³-hybridized carbons (Fsp3) is 0.167. The average Bonchev–Trinajstić information content (AvgIpc) is 2.35. The van der Waals surface area contributed by atoms with Crippen LogP contribution < -0.4 is 15.8 Å². The SMILES string of the molecule is CCOc1ccc(Nc2cnc(N)cn2)cc1. The van der Waals surface area contributed by atoms with E-state index in [-0.39, 0.29) is 0 Å². The van der Waals surface area contributed by atoms with Gasteiger partial charge in [0.2, 0.25) is 0 Å². The number of hydrogen-bond donors (Lipinski definition) is 2. The number of nitrogen functional groups attached to an aromatic ring is 1. The smallest absolute Gasteiger partial charge is 0.149 e. The Morgan fingerprint density at radius 3 is 2.53 bits per heavy atom. The summed E-state index contributed by atoms with van der Waals surface area (Å²) in [6.07, 6.45) is 3.10. The number of ether oxygens (including phenoxy) is 1. The summed E-state index contributed by atoms with van der Waals surface area (Å²) >= 11 is 0. The first kappa shape index (κ1) is 11.2. The largest absolute Gasteiger partial charge is 0.494 e. The second-order valence-corrected chi connectivity index (χ2v) is 3.41. The summed E-state index contributed by atoms with van der Waals surface area (Å²) < 4.78 is 5.35. The van der Waals surface area contributed by atoms with Crippen LogP contribution in [0.2, 0.25) is 0 Å². The van der Waals surface area contributed by atoms with Crippen LogP contribution in [0, 0.1) is 0 Å². The van der Waals surface area contributed by atoms with Crippen LogP contribution in [0.3, 0.4) is 0 Å². The minimum atomic E-state index is 0.405. The minimum Gasteiger partial charge on any atom is -0.494 e. The lowest BCUT2D eigenvalue weighted by atomic mass is 10.3. The number of nitrogens with one attached hydrogen (secondary N) is 1. The second kappa shape index (κ2) is 5.16. The monoisotopic (exact) mass is 230 g/mol. The van der Waals surface area contributed by atoms with Crippen LogP contribution in [0.25, 0.3) is 0 Å². The van der Waals surface area contributed by atoms with Gasteiger partial charge in [0.05, 0.1) is 19.0 Å². The van der Waals surface area contributed by atoms with Gasteiger partial charge in [0.1, 0.15) is 17.4 Å². The Morgan fingerprint density at radius 1 is 1.18 bits per heavy atom. The molecule has 0 fully saturated rings. The van der Waals surface area contributed by atoms with Crippen molar-refractivity contribution >= 4 is 17.3 Å². The normalized spacial score (nSPS) is 9.94. The van der Waals surface area contributed by atoms with Gasteiger partial charge in [-0.25, -0.2) is 9.97 Å². The Labute approximate surface area is 99.7 Å². The Kier molecular flexibility index (Phi) is 3.40. The van der Waals surface area contributed by atoms with Gasteiger partial charge in [-0.1, -0.05) is 0 Å². The third-order valence-electron chi connectivity index (χ3n) is 2.11. The molecular weight excluding hydrogens is 216 g/mol. The van der Waals surface area contributed by atoms with Crippen molar-refractivity contribution in [3.63, 3.8) is 0 Å². The molecule has 0 aliphatic carbocycles. The van der Waals surface area contributed by atoms with Gasteiger partial charge in [0.15, 0.2) is 0 Å². The van der Waals surface area contributed by atoms with Gasteiger partial charge in [0.25, 0.3) is 0 Å². The van der Waals surface area contributed by atoms with E-state index in [2.05, 4.69) is 15.3 Å². The summed E-state index contributed by atoms with van der Waals surface area (Å²) in [7, 11) is 0. The van der Waals surface area contributed by atoms with Gasteiger partial charge < -0.3 is 15.8 Å². The van der Waals surface area contributed by atoms with Gasteiger partial charge in [-0.2, -0.15) is 0 Å². The maximum Gasteiger partial charge on any atom is 0.149 e. The van der Waals surface area contributed by atoms with Crippen LogP contribution in [0.15, 0.2) is 36.7 Å². The highest BCUT2D eigenvalue weighted by atomic mass is 16.5. The molecule has 0 saturated carbocycles. The van der Waals surface area contributed by atoms with Crippen molar-refractivity contribution in [1.82, 2.24) is 9.97 Å². The summed E-state index contributed by atoms with van der Waals surface area (Å²) in [5, 5.41) is 3.12. The molecule has 0 spiro atoms. The zero-order valence-electron chi connectivity index (χ0n) is 9.55. The van der Waals surface area contributed by atoms with Gasteiger partial charge in [-0.15, -0.1) is 0 Å². The lowest BCUT2D eigenvalue weighted by Gasteiger charge is -2.07. The highest BCUT2D eigenvalue weighted by molar-refractivity contribution is 5.56. The molecule has 5 heteroatoms. The fourth-order valence-electron chi connectivity index (χ4n) is 1.35. The molecule has 1 heterocycles. The van der Waals surface area contributed by atoms with Crippen LogP contribution >= 0.6 is 0 Å². The molecule has 5 nitrogen and oxygen atoms in total. The molecule has 2 aromatic rings. The third-order valence-corrected chi connectivity index (χ3v) is 2.11. The van der Waals surface area contributed by atoms with Gasteiger partial charge in [-0.3, -0.25) is 0 Å². The van der Waals surface area contributed by atoms with Gasteiger partial charge in [0, 0.05) is 5.69 Å². The average molecular weight is 230 g/mol. The summed E-state index contributed by atoms with van der Waals surface area (Å²) in [5.41, 5.74) is 6.38. The predicted octanol–water partition coefficient (Wildman–Crippen LogP) is 2.20. The van der Waals surface area contributed by atoms with Crippen LogP contribution in [-0.4, -0.2) is 16.6 Å². The van der Waals surface area contributed by atoms with Crippen LogP contribution in [-0.2, 0) is 0 Å². The molecule has 1 aromatic carbocycles. The van der Waals surface area contributed by atoms with Crippen molar-refractivity contribution in [2.24, 2.45) is 0 Å². The Morgan fingerprint density at radius 2 is 1.94 bits per heavy atom. The predicted molar refractivity (Wildman–Crippen MR) is 67.3 cm³/mol. The second-order valence-electron chi connectivity index (χ2n) is 3.41. The van der Waals surface area contributed by atoms with Crippen molar-refractivity contribution < 1.29 is 4.74 Å². The van der Waals surface area contributed by atoms with Crippen molar-refractivity contribution in [3.05, 3.63) is 36.7 Å². The number of benzene rings is 1. The molecule has 88 valence electrons. The van der Waals surface area contributed by atoms with E-state index in [0.29, 0.717) is 18.2 Å². The molecule has 0 bridgehead atoms. The molecule has 2 rings (SSSR count). The standard InChI is InChI=1S/C12H14N4O/c1-2-17-10-5-3-9(4-6-10)16-12-8-14-11(13)7-15-12/h3-8H,2H2,1H3,(H2,13,14)(H,15,16). The summed E-state index contributed by atoms with van der Waals surface area (Å²) in [6, 6.07) is 7.64. The number of hydrogen-bond acceptors (Lipinski definition) is 5. The fourth-order valence-corrected chi connectivity index (χ4v) is 1.35. The van der Waals surface area contributed by atoms with Crippen molar-refractivity contribution in [2.75, 3.05) is 17.7 Å². The van der Waals surface area contributed by atoms with E-state index in [1.165, 1.54) is 6.20 Å². The Balaban J connectivity index is 2.05. The lowest BCUT2D eigenvalue weighted by Crippen LogP contribution is -1.97. The maximum absolute atomic E-state index is 5.46. The highest BCUT2D eigenvalue weighted by Gasteiger charge is 1.97. The van der Waals surface area contributed by atoms with E-state index in [0.717, 1.165) is 11.4 Å². The van der Waals surface area contributed by atoms with Crippen LogP contribution in [0.4, 0.5) is 17.3 Å². The minimum absolute atomic E-state index is 0.405. The molecular formula is C12H14N4O. The van der Waals surface area contributed by atoms with Crippen molar-refractivity contribution in [3.8, 4) is 5.75 Å². The Hall–Kier alpha value is -2.30. The number of nitrogens with two attached hydrogens (primary N) is 1. The van der Waals surface area contributed by atoms with Gasteiger partial charge >= 0.3 is 0 Å². The van der Waals surface area contributed by atoms with E-state index < -0.39 is 0 Å². The van der Waals surface area contributed by atoms with E-state index in [1.807, 2.05) is 31.2 Å². The summed E-state index contributed by atoms with van der Waals surface area (Å²) in [4.78, 5) is 8.05. The molecule has 0 amide bonds. The number of aromatic nitrogens is 2. The van der Waals surface area contributed by atoms with E-state index in [4.69, 9.17) is 10.5 Å². The summed E-state index contributed by atoms with van der Waals surface area (Å²) in [5.74, 6) is 1.91. The van der Waals surface area contributed by atoms with Gasteiger partial charge in [-0.05, 0) is 31.2 Å². The quantitative estimate of drug-likeness (QED) is 0.842. The first-order valence-corrected chi connectivity index (χ1v) is 5.35. The van der Waals surface area contributed by atoms with Crippen molar-refractivity contribution in [2.45, 2.75) is 6.92 Å². The third kappa shape index (κ3) is 3.07. The van der Waals surface area contributed by atoms with Crippen LogP contribution in [0.1, 0.15) is 6.92 Å². The zero-order chi connectivity index (χ0) is 12.1. The van der Waals surface area contributed by atoms with E-state index in [1.54, 1.807) is 6.20 Å². The molecule has 0 aliphatic heterocycles. The van der Waals surface area contributed by atoms with E-state index >= 15 is 0 Å². The summed E-state index contributed by atoms with van der Waals surface area (Å²) in [6.45, 7) is 2.62. The molecule has 17 heavy (non-hydrogen) atoms. The number of rotatable bonds is 4. The molecule has 0 saturated heterocycles.